The van der Waals surface area contributed by atoms with Crippen LogP contribution in [0.1, 0.15) is 52.5 Å². The number of nitrogens with zero attached hydrogens (tertiary/aromatic N) is 2. The molecule has 2 atom stereocenters. The molecule has 1 amide bonds. The van der Waals surface area contributed by atoms with Crippen molar-refractivity contribution in [1.29, 1.82) is 0 Å². The van der Waals surface area contributed by atoms with Gasteiger partial charge in [-0.2, -0.15) is 0 Å². The van der Waals surface area contributed by atoms with Crippen molar-refractivity contribution in [1.82, 2.24) is 4.90 Å². The zero-order valence-corrected chi connectivity index (χ0v) is 15.6. The topological polar surface area (TPSA) is 41.9 Å². The molecule has 0 radical (unpaired) electrons. The summed E-state index contributed by atoms with van der Waals surface area (Å²) in [5.74, 6) is 0. The second-order valence-corrected chi connectivity index (χ2v) is 8.82. The smallest absolute Gasteiger partial charge is 0.411 e. The molecule has 2 aliphatic heterocycles. The van der Waals surface area contributed by atoms with Crippen molar-refractivity contribution in [3.63, 3.8) is 0 Å². The van der Waals surface area contributed by atoms with Crippen LogP contribution in [0.15, 0.2) is 41.4 Å². The van der Waals surface area contributed by atoms with E-state index in [1.807, 2.05) is 31.7 Å². The molecule has 0 N–H and O–H groups in total. The maximum Gasteiger partial charge on any atom is 0.411 e. The van der Waals surface area contributed by atoms with E-state index in [1.165, 1.54) is 11.1 Å². The van der Waals surface area contributed by atoms with Crippen LogP contribution >= 0.6 is 0 Å². The number of aliphatic imine (C=N–C) groups is 1. The maximum atomic E-state index is 12.9. The van der Waals surface area contributed by atoms with Crippen LogP contribution in [0.5, 0.6) is 0 Å². The van der Waals surface area contributed by atoms with Crippen molar-refractivity contribution in [3.05, 3.63) is 42.0 Å². The van der Waals surface area contributed by atoms with E-state index in [1.54, 1.807) is 0 Å². The molecule has 4 rings (SSSR count). The summed E-state index contributed by atoms with van der Waals surface area (Å²) < 4.78 is 5.69. The van der Waals surface area contributed by atoms with Gasteiger partial charge in [0.15, 0.2) is 0 Å². The molecule has 25 heavy (non-hydrogen) atoms. The summed E-state index contributed by atoms with van der Waals surface area (Å²) >= 11 is 0. The van der Waals surface area contributed by atoms with E-state index in [9.17, 15) is 4.79 Å². The van der Waals surface area contributed by atoms with Crippen molar-refractivity contribution in [3.8, 4) is 0 Å². The molecule has 2 fully saturated rings. The molecule has 1 aromatic rings. The fourth-order valence-corrected chi connectivity index (χ4v) is 4.93. The second kappa shape index (κ2) is 4.96. The third-order valence-corrected chi connectivity index (χ3v) is 5.73. The first-order valence-electron chi connectivity index (χ1n) is 9.02. The number of benzene rings is 1. The number of rotatable bonds is 0. The average Bonchev–Trinajstić information content (AvgIpc) is 2.81. The number of carbonyl (C=O) groups excluding carboxylic acids is 1. The lowest BCUT2D eigenvalue weighted by Gasteiger charge is -2.56. The van der Waals surface area contributed by atoms with Crippen molar-refractivity contribution in [2.75, 3.05) is 6.54 Å². The minimum absolute atomic E-state index is 0.0980. The lowest BCUT2D eigenvalue weighted by atomic mass is 9.57. The average molecular weight is 338 g/mol. The molecule has 2 heterocycles. The molecule has 132 valence electrons. The molecule has 1 saturated carbocycles. The lowest BCUT2D eigenvalue weighted by Crippen LogP contribution is -2.67. The van der Waals surface area contributed by atoms with Crippen LogP contribution in [0.2, 0.25) is 0 Å². The number of hydrogen-bond donors (Lipinski definition) is 0. The molecule has 0 aromatic heterocycles. The number of piperidine rings is 1. The molecular weight excluding hydrogens is 312 g/mol. The number of carbonyl (C=O) groups is 1. The highest BCUT2D eigenvalue weighted by atomic mass is 16.6. The van der Waals surface area contributed by atoms with Crippen LogP contribution in [-0.2, 0) is 10.2 Å². The Bertz CT molecular complexity index is 804. The van der Waals surface area contributed by atoms with Crippen LogP contribution in [0.3, 0.4) is 0 Å². The molecule has 1 saturated heterocycles. The van der Waals surface area contributed by atoms with Gasteiger partial charge in [-0.1, -0.05) is 30.4 Å². The normalized spacial score (nSPS) is 30.5. The van der Waals surface area contributed by atoms with E-state index in [0.717, 1.165) is 30.7 Å². The molecule has 4 heteroatoms. The summed E-state index contributed by atoms with van der Waals surface area (Å²) in [6.07, 6.45) is 2.30. The third kappa shape index (κ3) is 2.26. The van der Waals surface area contributed by atoms with E-state index >= 15 is 0 Å². The Morgan fingerprint density at radius 1 is 1.28 bits per heavy atom. The Hall–Kier alpha value is -2.10. The summed E-state index contributed by atoms with van der Waals surface area (Å²) in [5, 5.41) is 0. The van der Waals surface area contributed by atoms with Crippen molar-refractivity contribution in [2.45, 2.75) is 63.5 Å². The number of amides is 1. The summed E-state index contributed by atoms with van der Waals surface area (Å²) in [6.45, 7) is 12.8. The summed E-state index contributed by atoms with van der Waals surface area (Å²) in [6, 6.07) is 8.38. The maximum absolute atomic E-state index is 12.9. The Labute approximate surface area is 149 Å². The van der Waals surface area contributed by atoms with E-state index in [0.29, 0.717) is 6.54 Å². The molecular formula is C21H26N2O2. The van der Waals surface area contributed by atoms with Crippen LogP contribution in [0.25, 0.3) is 0 Å². The van der Waals surface area contributed by atoms with Gasteiger partial charge < -0.3 is 4.74 Å². The van der Waals surface area contributed by atoms with Gasteiger partial charge >= 0.3 is 6.09 Å². The predicted molar refractivity (Wildman–Crippen MR) is 99.6 cm³/mol. The van der Waals surface area contributed by atoms with E-state index in [2.05, 4.69) is 31.7 Å². The lowest BCUT2D eigenvalue weighted by molar-refractivity contribution is 0.00215. The summed E-state index contributed by atoms with van der Waals surface area (Å²) in [7, 11) is 0. The monoisotopic (exact) mass is 338 g/mol. The van der Waals surface area contributed by atoms with Crippen molar-refractivity contribution < 1.29 is 9.53 Å². The van der Waals surface area contributed by atoms with Gasteiger partial charge in [0, 0.05) is 12.0 Å². The van der Waals surface area contributed by atoms with Crippen molar-refractivity contribution in [2.24, 2.45) is 4.99 Å². The number of fused-ring (bicyclic) bond motifs is 1. The standard InChI is InChI=1S/C21H26N2O2/c1-14-12-20(5)17-21(13-14,15-8-6-7-9-16(15)22-17)10-11-23(20)18(24)25-19(2,3)4/h6-9H,1,10-13H2,2-5H3/t20-,21+/m1/s1. The largest absolute Gasteiger partial charge is 0.444 e. The van der Waals surface area contributed by atoms with Crippen molar-refractivity contribution >= 4 is 17.5 Å². The fraction of sp³-hybridized carbons (Fsp3) is 0.524. The fourth-order valence-electron chi connectivity index (χ4n) is 4.93. The van der Waals surface area contributed by atoms with E-state index < -0.39 is 11.1 Å². The molecule has 4 nitrogen and oxygen atoms in total. The summed E-state index contributed by atoms with van der Waals surface area (Å²) in [4.78, 5) is 19.8. The van der Waals surface area contributed by atoms with Crippen LogP contribution < -0.4 is 0 Å². The Kier molecular flexibility index (Phi) is 3.25. The number of ether oxygens (including phenoxy) is 1. The summed E-state index contributed by atoms with van der Waals surface area (Å²) in [5.41, 5.74) is 3.57. The van der Waals surface area contributed by atoms with Gasteiger partial charge in [-0.05, 0) is 58.6 Å². The van der Waals surface area contributed by atoms with Gasteiger partial charge in [0.25, 0.3) is 0 Å². The number of likely N-dealkylation sites (tertiary alicyclic amines) is 1. The quantitative estimate of drug-likeness (QED) is 0.640. The van der Waals surface area contributed by atoms with Gasteiger partial charge in [0.1, 0.15) is 5.60 Å². The highest BCUT2D eigenvalue weighted by Gasteiger charge is 2.60. The van der Waals surface area contributed by atoms with Crippen LogP contribution in [0.4, 0.5) is 10.5 Å². The molecule has 3 aliphatic rings. The SMILES string of the molecule is C=C1C[C@]23CCN(C(=O)OC(C)(C)C)[C@](C)(C1)C2=Nc1ccccc13. The van der Waals surface area contributed by atoms with Gasteiger partial charge in [-0.25, -0.2) is 4.79 Å². The molecule has 1 aromatic carbocycles. The van der Waals surface area contributed by atoms with E-state index in [4.69, 9.17) is 9.73 Å². The van der Waals surface area contributed by atoms with Crippen LogP contribution in [-0.4, -0.2) is 34.4 Å². The Balaban J connectivity index is 1.80. The van der Waals surface area contributed by atoms with Gasteiger partial charge in [-0.3, -0.25) is 9.89 Å². The highest BCUT2D eigenvalue weighted by Crippen LogP contribution is 2.57. The zero-order valence-electron chi connectivity index (χ0n) is 15.6. The van der Waals surface area contributed by atoms with Crippen LogP contribution in [0, 0.1) is 0 Å². The second-order valence-electron chi connectivity index (χ2n) is 8.82. The molecule has 1 aliphatic carbocycles. The Morgan fingerprint density at radius 3 is 2.72 bits per heavy atom. The molecule has 2 bridgehead atoms. The molecule has 0 spiro atoms. The first kappa shape index (κ1) is 16.4. The first-order valence-corrected chi connectivity index (χ1v) is 9.02. The Morgan fingerprint density at radius 2 is 2.00 bits per heavy atom. The minimum Gasteiger partial charge on any atom is -0.444 e. The molecule has 0 unspecified atom stereocenters. The first-order chi connectivity index (χ1) is 11.7. The zero-order chi connectivity index (χ0) is 18.0. The third-order valence-electron chi connectivity index (χ3n) is 5.73. The van der Waals surface area contributed by atoms with E-state index in [-0.39, 0.29) is 11.5 Å². The van der Waals surface area contributed by atoms with Gasteiger partial charge in [0.2, 0.25) is 0 Å². The number of hydrogen-bond acceptors (Lipinski definition) is 3. The minimum atomic E-state index is -0.506. The van der Waals surface area contributed by atoms with Gasteiger partial charge in [-0.15, -0.1) is 0 Å². The number of para-hydroxylation sites is 1. The predicted octanol–water partition coefficient (Wildman–Crippen LogP) is 4.76. The highest BCUT2D eigenvalue weighted by molar-refractivity contribution is 6.10. The van der Waals surface area contributed by atoms with Gasteiger partial charge in [0.05, 0.1) is 16.9 Å².